The summed E-state index contributed by atoms with van der Waals surface area (Å²) in [6.45, 7) is -0.528. The van der Waals surface area contributed by atoms with Crippen LogP contribution in [0.4, 0.5) is 5.69 Å². The number of hydrogen-bond donors (Lipinski definition) is 1. The first-order chi connectivity index (χ1) is 13.4. The lowest BCUT2D eigenvalue weighted by molar-refractivity contribution is -0.139. The fraction of sp³-hybridized carbons (Fsp3) is 0.105. The van der Waals surface area contributed by atoms with Crippen molar-refractivity contribution in [1.29, 1.82) is 0 Å². The van der Waals surface area contributed by atoms with Crippen molar-refractivity contribution in [2.75, 3.05) is 18.6 Å². The molecule has 1 fully saturated rings. The van der Waals surface area contributed by atoms with Gasteiger partial charge < -0.3 is 14.6 Å². The number of para-hydroxylation sites is 1. The lowest BCUT2D eigenvalue weighted by atomic mass is 10.1. The Hall–Kier alpha value is -2.36. The van der Waals surface area contributed by atoms with Gasteiger partial charge in [0.2, 0.25) is 0 Å². The number of aliphatic carboxylic acids is 1. The molecule has 3 rings (SSSR count). The third-order valence-corrected chi connectivity index (χ3v) is 5.51. The van der Waals surface area contributed by atoms with Gasteiger partial charge in [0.1, 0.15) is 0 Å². The Labute approximate surface area is 179 Å². The van der Waals surface area contributed by atoms with Crippen molar-refractivity contribution in [3.05, 3.63) is 57.4 Å². The number of carbonyl (C=O) groups excluding carboxylic acids is 1. The monoisotopic (exact) mass is 479 g/mol. The molecular weight excluding hydrogens is 466 g/mol. The maximum absolute atomic E-state index is 12.9. The first-order valence-electron chi connectivity index (χ1n) is 7.96. The summed E-state index contributed by atoms with van der Waals surface area (Å²) in [5, 5.41) is 8.91. The molecule has 1 N–H and O–H groups in total. The number of benzene rings is 2. The van der Waals surface area contributed by atoms with Gasteiger partial charge in [0.25, 0.3) is 5.91 Å². The number of rotatable bonds is 6. The topological polar surface area (TPSA) is 76.1 Å². The Morgan fingerprint density at radius 3 is 2.75 bits per heavy atom. The second kappa shape index (κ2) is 8.76. The highest BCUT2D eigenvalue weighted by atomic mass is 79.9. The molecular formula is C19H14BrNO5S2. The van der Waals surface area contributed by atoms with Crippen LogP contribution in [0.5, 0.6) is 11.5 Å². The first-order valence-corrected chi connectivity index (χ1v) is 9.97. The van der Waals surface area contributed by atoms with E-state index in [0.717, 1.165) is 16.2 Å². The predicted molar refractivity (Wildman–Crippen MR) is 116 cm³/mol. The molecule has 0 bridgehead atoms. The molecule has 1 aliphatic heterocycles. The van der Waals surface area contributed by atoms with Gasteiger partial charge in [-0.1, -0.05) is 58.1 Å². The van der Waals surface area contributed by atoms with Crippen LogP contribution in [0.15, 0.2) is 51.8 Å². The average Bonchev–Trinajstić information content (AvgIpc) is 2.93. The Kier molecular flexibility index (Phi) is 6.38. The van der Waals surface area contributed by atoms with Gasteiger partial charge in [-0.2, -0.15) is 0 Å². The molecule has 0 aromatic heterocycles. The molecule has 1 heterocycles. The van der Waals surface area contributed by atoms with Crippen LogP contribution in [0, 0.1) is 0 Å². The second-order valence-corrected chi connectivity index (χ2v) is 8.15. The van der Waals surface area contributed by atoms with E-state index in [4.69, 9.17) is 26.8 Å². The Morgan fingerprint density at radius 2 is 2.07 bits per heavy atom. The highest BCUT2D eigenvalue weighted by molar-refractivity contribution is 9.10. The van der Waals surface area contributed by atoms with E-state index in [0.29, 0.717) is 26.2 Å². The third-order valence-electron chi connectivity index (χ3n) is 3.72. The van der Waals surface area contributed by atoms with Crippen LogP contribution in [-0.2, 0) is 9.59 Å². The summed E-state index contributed by atoms with van der Waals surface area (Å²) in [5.41, 5.74) is 1.18. The number of hydrogen-bond acceptors (Lipinski definition) is 6. The maximum atomic E-state index is 12.9. The summed E-state index contributed by atoms with van der Waals surface area (Å²) in [6.07, 6.45) is 1.62. The smallest absolute Gasteiger partial charge is 0.341 e. The molecule has 0 saturated carbocycles. The largest absolute Gasteiger partial charge is 0.493 e. The van der Waals surface area contributed by atoms with Crippen LogP contribution < -0.4 is 14.4 Å². The molecule has 144 valence electrons. The fourth-order valence-electron chi connectivity index (χ4n) is 2.54. The molecule has 0 unspecified atom stereocenters. The average molecular weight is 480 g/mol. The van der Waals surface area contributed by atoms with Gasteiger partial charge in [-0.25, -0.2) is 4.79 Å². The maximum Gasteiger partial charge on any atom is 0.341 e. The van der Waals surface area contributed by atoms with Gasteiger partial charge in [0, 0.05) is 10.0 Å². The summed E-state index contributed by atoms with van der Waals surface area (Å²) in [7, 11) is 1.46. The minimum Gasteiger partial charge on any atom is -0.493 e. The zero-order valence-corrected chi connectivity index (χ0v) is 17.8. The van der Waals surface area contributed by atoms with Gasteiger partial charge in [-0.3, -0.25) is 9.69 Å². The number of anilines is 1. The minimum absolute atomic E-state index is 0.250. The van der Waals surface area contributed by atoms with Gasteiger partial charge in [-0.05, 0) is 30.3 Å². The summed E-state index contributed by atoms with van der Waals surface area (Å²) in [5.74, 6) is -0.754. The molecule has 28 heavy (non-hydrogen) atoms. The SMILES string of the molecule is COc1cccc(/C=C2/SC(=S)N(c3cccc(Br)c3)C2=O)c1OCC(=O)O. The molecule has 1 amide bonds. The van der Waals surface area contributed by atoms with E-state index in [9.17, 15) is 9.59 Å². The van der Waals surface area contributed by atoms with Crippen LogP contribution >= 0.6 is 39.9 Å². The first kappa shape index (κ1) is 20.4. The number of carboxylic acids is 1. The van der Waals surface area contributed by atoms with E-state index in [2.05, 4.69) is 15.9 Å². The van der Waals surface area contributed by atoms with Crippen molar-refractivity contribution in [2.45, 2.75) is 0 Å². The zero-order chi connectivity index (χ0) is 20.3. The number of ether oxygens (including phenoxy) is 2. The molecule has 0 spiro atoms. The number of thiocarbonyl (C=S) groups is 1. The summed E-state index contributed by atoms with van der Waals surface area (Å²) in [6, 6.07) is 12.4. The highest BCUT2D eigenvalue weighted by Crippen LogP contribution is 2.39. The van der Waals surface area contributed by atoms with Gasteiger partial charge in [0.15, 0.2) is 22.4 Å². The van der Waals surface area contributed by atoms with Gasteiger partial charge in [-0.15, -0.1) is 0 Å². The predicted octanol–water partition coefficient (Wildman–Crippen LogP) is 4.33. The lowest BCUT2D eigenvalue weighted by Gasteiger charge is -2.14. The standard InChI is InChI=1S/C19H14BrNO5S2/c1-25-14-7-2-4-11(17(14)26-10-16(22)23)8-15-18(24)21(19(27)28-15)13-6-3-5-12(20)9-13/h2-9H,10H2,1H3,(H,22,23)/b15-8+. The Balaban J connectivity index is 1.97. The summed E-state index contributed by atoms with van der Waals surface area (Å²) < 4.78 is 11.9. The van der Waals surface area contributed by atoms with Crippen molar-refractivity contribution >= 4 is 67.9 Å². The molecule has 2 aromatic carbocycles. The van der Waals surface area contributed by atoms with Crippen molar-refractivity contribution in [1.82, 2.24) is 0 Å². The minimum atomic E-state index is -1.11. The Morgan fingerprint density at radius 1 is 1.32 bits per heavy atom. The highest BCUT2D eigenvalue weighted by Gasteiger charge is 2.33. The third kappa shape index (κ3) is 4.37. The normalized spacial score (nSPS) is 15.2. The van der Waals surface area contributed by atoms with Crippen molar-refractivity contribution in [3.63, 3.8) is 0 Å². The van der Waals surface area contributed by atoms with Crippen LogP contribution in [0.25, 0.3) is 6.08 Å². The number of halogens is 1. The molecule has 9 heteroatoms. The molecule has 0 aliphatic carbocycles. The lowest BCUT2D eigenvalue weighted by Crippen LogP contribution is -2.27. The van der Waals surface area contributed by atoms with Crippen LogP contribution in [0.3, 0.4) is 0 Å². The molecule has 2 aromatic rings. The number of nitrogens with zero attached hydrogens (tertiary/aromatic N) is 1. The molecule has 0 radical (unpaired) electrons. The van der Waals surface area contributed by atoms with Crippen molar-refractivity contribution in [3.8, 4) is 11.5 Å². The quantitative estimate of drug-likeness (QED) is 0.487. The van der Waals surface area contributed by atoms with Crippen LogP contribution in [-0.4, -0.2) is 35.0 Å². The molecule has 1 saturated heterocycles. The van der Waals surface area contributed by atoms with Crippen LogP contribution in [0.1, 0.15) is 5.56 Å². The second-order valence-electron chi connectivity index (χ2n) is 5.56. The van der Waals surface area contributed by atoms with Crippen molar-refractivity contribution < 1.29 is 24.2 Å². The number of carbonyl (C=O) groups is 2. The molecule has 0 atom stereocenters. The zero-order valence-electron chi connectivity index (χ0n) is 14.5. The van der Waals surface area contributed by atoms with Gasteiger partial charge in [0.05, 0.1) is 17.7 Å². The van der Waals surface area contributed by atoms with E-state index in [1.807, 2.05) is 12.1 Å². The molecule has 6 nitrogen and oxygen atoms in total. The van der Waals surface area contributed by atoms with E-state index < -0.39 is 12.6 Å². The van der Waals surface area contributed by atoms with Gasteiger partial charge >= 0.3 is 5.97 Å². The number of methoxy groups -OCH3 is 1. The summed E-state index contributed by atoms with van der Waals surface area (Å²) in [4.78, 5) is 25.7. The number of amides is 1. The van der Waals surface area contributed by atoms with E-state index in [1.54, 1.807) is 36.4 Å². The molecule has 1 aliphatic rings. The van der Waals surface area contributed by atoms with Crippen LogP contribution in [0.2, 0.25) is 0 Å². The number of carboxylic acid groups (broad SMARTS) is 1. The van der Waals surface area contributed by atoms with E-state index in [-0.39, 0.29) is 11.7 Å². The summed E-state index contributed by atoms with van der Waals surface area (Å²) >= 11 is 9.94. The van der Waals surface area contributed by atoms with E-state index >= 15 is 0 Å². The fourth-order valence-corrected chi connectivity index (χ4v) is 4.22. The van der Waals surface area contributed by atoms with E-state index in [1.165, 1.54) is 12.0 Å². The van der Waals surface area contributed by atoms with Crippen molar-refractivity contribution in [2.24, 2.45) is 0 Å². The Bertz CT molecular complexity index is 992. The number of thioether (sulfide) groups is 1.